The molecule has 0 saturated heterocycles. The number of rotatable bonds is 3. The van der Waals surface area contributed by atoms with E-state index in [-0.39, 0.29) is 11.8 Å². The fraction of sp³-hybridized carbons (Fsp3) is 0.400. The van der Waals surface area contributed by atoms with Gasteiger partial charge in [-0.15, -0.1) is 0 Å². The van der Waals surface area contributed by atoms with E-state index in [9.17, 15) is 17.6 Å². The zero-order chi connectivity index (χ0) is 18.7. The van der Waals surface area contributed by atoms with E-state index in [0.717, 1.165) is 17.2 Å². The third-order valence-corrected chi connectivity index (χ3v) is 4.85. The minimum absolute atomic E-state index is 0.112. The molecule has 1 fully saturated rings. The molecule has 6 heteroatoms. The molecular formula is C20H20F4N2. The first-order chi connectivity index (χ1) is 12.3. The molecule has 26 heavy (non-hydrogen) atoms. The highest BCUT2D eigenvalue weighted by molar-refractivity contribution is 5.61. The summed E-state index contributed by atoms with van der Waals surface area (Å²) in [4.78, 5) is 8.89. The van der Waals surface area contributed by atoms with E-state index < -0.39 is 12.0 Å². The van der Waals surface area contributed by atoms with E-state index in [1.54, 1.807) is 12.4 Å². The summed E-state index contributed by atoms with van der Waals surface area (Å²) in [6, 6.07) is 8.08. The molecule has 1 aliphatic rings. The SMILES string of the molecule is Cc1ccc(-c2cnc(C3CCC(C=C(F)C(F)(F)F)CC3)nc2)cc1. The number of aromatic nitrogens is 2. The first-order valence-electron chi connectivity index (χ1n) is 8.66. The highest BCUT2D eigenvalue weighted by Crippen LogP contribution is 2.37. The van der Waals surface area contributed by atoms with Crippen LogP contribution >= 0.6 is 0 Å². The zero-order valence-electron chi connectivity index (χ0n) is 14.4. The van der Waals surface area contributed by atoms with Crippen LogP contribution in [0.5, 0.6) is 0 Å². The Balaban J connectivity index is 1.62. The van der Waals surface area contributed by atoms with Crippen molar-refractivity contribution in [1.29, 1.82) is 0 Å². The molecule has 0 atom stereocenters. The lowest BCUT2D eigenvalue weighted by Gasteiger charge is -2.26. The van der Waals surface area contributed by atoms with Crippen molar-refractivity contribution in [2.45, 2.75) is 44.7 Å². The summed E-state index contributed by atoms with van der Waals surface area (Å²) in [6.45, 7) is 2.02. The maximum Gasteiger partial charge on any atom is 0.442 e. The third kappa shape index (κ3) is 4.48. The molecular weight excluding hydrogens is 344 g/mol. The molecule has 0 amide bonds. The van der Waals surface area contributed by atoms with E-state index in [4.69, 9.17) is 0 Å². The summed E-state index contributed by atoms with van der Waals surface area (Å²) < 4.78 is 49.9. The van der Waals surface area contributed by atoms with E-state index in [0.29, 0.717) is 31.5 Å². The van der Waals surface area contributed by atoms with E-state index in [1.807, 2.05) is 31.2 Å². The molecule has 0 radical (unpaired) electrons. The molecule has 2 aromatic rings. The van der Waals surface area contributed by atoms with Crippen LogP contribution in [-0.2, 0) is 0 Å². The van der Waals surface area contributed by atoms with Gasteiger partial charge in [0.05, 0.1) is 0 Å². The molecule has 1 aliphatic carbocycles. The molecule has 1 saturated carbocycles. The van der Waals surface area contributed by atoms with Crippen LogP contribution in [0, 0.1) is 12.8 Å². The average Bonchev–Trinajstić information content (AvgIpc) is 2.62. The fourth-order valence-corrected chi connectivity index (χ4v) is 3.29. The molecule has 138 valence electrons. The number of benzene rings is 1. The van der Waals surface area contributed by atoms with Gasteiger partial charge < -0.3 is 0 Å². The highest BCUT2D eigenvalue weighted by atomic mass is 19.4. The first kappa shape index (κ1) is 18.5. The van der Waals surface area contributed by atoms with Gasteiger partial charge in [-0.3, -0.25) is 0 Å². The van der Waals surface area contributed by atoms with Crippen molar-refractivity contribution in [3.05, 3.63) is 59.9 Å². The standard InChI is InChI=1S/C20H20F4N2/c1-13-2-6-15(7-3-13)17-11-25-19(26-12-17)16-8-4-14(5-9-16)10-18(21)20(22,23)24/h2-3,6-7,10-12,14,16H,4-5,8-9H2,1H3. The van der Waals surface area contributed by atoms with Crippen molar-refractivity contribution in [2.24, 2.45) is 5.92 Å². The Bertz CT molecular complexity index is 756. The largest absolute Gasteiger partial charge is 0.442 e. The minimum Gasteiger partial charge on any atom is -0.240 e. The van der Waals surface area contributed by atoms with Crippen molar-refractivity contribution in [2.75, 3.05) is 0 Å². The van der Waals surface area contributed by atoms with Crippen molar-refractivity contribution >= 4 is 0 Å². The van der Waals surface area contributed by atoms with Gasteiger partial charge in [0.15, 0.2) is 5.83 Å². The monoisotopic (exact) mass is 364 g/mol. The van der Waals surface area contributed by atoms with Gasteiger partial charge in [0, 0.05) is 23.9 Å². The average molecular weight is 364 g/mol. The Kier molecular flexibility index (Phi) is 5.39. The molecule has 3 rings (SSSR count). The molecule has 0 bridgehead atoms. The van der Waals surface area contributed by atoms with Crippen LogP contribution in [0.15, 0.2) is 48.6 Å². The van der Waals surface area contributed by atoms with Gasteiger partial charge in [-0.1, -0.05) is 29.8 Å². The van der Waals surface area contributed by atoms with Crippen molar-refractivity contribution in [3.63, 3.8) is 0 Å². The predicted molar refractivity (Wildman–Crippen MR) is 92.2 cm³/mol. The normalized spacial score (nSPS) is 21.7. The third-order valence-electron chi connectivity index (χ3n) is 4.85. The van der Waals surface area contributed by atoms with Gasteiger partial charge >= 0.3 is 6.18 Å². The van der Waals surface area contributed by atoms with Gasteiger partial charge in [-0.05, 0) is 50.2 Å². The van der Waals surface area contributed by atoms with Crippen LogP contribution in [0.1, 0.15) is 43.0 Å². The Labute approximate surface area is 150 Å². The lowest BCUT2D eigenvalue weighted by Crippen LogP contribution is -2.16. The fourth-order valence-electron chi connectivity index (χ4n) is 3.29. The zero-order valence-corrected chi connectivity index (χ0v) is 14.4. The highest BCUT2D eigenvalue weighted by Gasteiger charge is 2.35. The van der Waals surface area contributed by atoms with Crippen LogP contribution in [0.2, 0.25) is 0 Å². The summed E-state index contributed by atoms with van der Waals surface area (Å²) >= 11 is 0. The van der Waals surface area contributed by atoms with Crippen LogP contribution in [0.25, 0.3) is 11.1 Å². The van der Waals surface area contributed by atoms with Gasteiger partial charge in [-0.25, -0.2) is 14.4 Å². The van der Waals surface area contributed by atoms with Crippen LogP contribution in [-0.4, -0.2) is 16.1 Å². The Hall–Kier alpha value is -2.24. The Morgan fingerprint density at radius 2 is 1.54 bits per heavy atom. The van der Waals surface area contributed by atoms with Gasteiger partial charge in [0.2, 0.25) is 0 Å². The molecule has 0 N–H and O–H groups in total. The molecule has 0 aliphatic heterocycles. The molecule has 0 unspecified atom stereocenters. The number of halogens is 4. The first-order valence-corrected chi connectivity index (χ1v) is 8.66. The molecule has 0 spiro atoms. The van der Waals surface area contributed by atoms with Crippen molar-refractivity contribution < 1.29 is 17.6 Å². The van der Waals surface area contributed by atoms with Gasteiger partial charge in [-0.2, -0.15) is 13.2 Å². The molecule has 1 aromatic heterocycles. The number of nitrogens with zero attached hydrogens (tertiary/aromatic N) is 2. The van der Waals surface area contributed by atoms with Crippen LogP contribution in [0.3, 0.4) is 0 Å². The second-order valence-electron chi connectivity index (χ2n) is 6.82. The van der Waals surface area contributed by atoms with Crippen LogP contribution < -0.4 is 0 Å². The lowest BCUT2D eigenvalue weighted by atomic mass is 9.81. The summed E-state index contributed by atoms with van der Waals surface area (Å²) in [7, 11) is 0. The smallest absolute Gasteiger partial charge is 0.240 e. The molecule has 2 nitrogen and oxygen atoms in total. The van der Waals surface area contributed by atoms with E-state index >= 15 is 0 Å². The lowest BCUT2D eigenvalue weighted by molar-refractivity contribution is -0.109. The van der Waals surface area contributed by atoms with E-state index in [2.05, 4.69) is 9.97 Å². The summed E-state index contributed by atoms with van der Waals surface area (Å²) in [6.07, 6.45) is 1.74. The Morgan fingerprint density at radius 3 is 2.08 bits per heavy atom. The predicted octanol–water partition coefficient (Wildman–Crippen LogP) is 6.14. The second kappa shape index (κ2) is 7.56. The number of aryl methyl sites for hydroxylation is 1. The number of alkyl halides is 3. The topological polar surface area (TPSA) is 25.8 Å². The number of allylic oxidation sites excluding steroid dienone is 2. The van der Waals surface area contributed by atoms with E-state index in [1.165, 1.54) is 5.56 Å². The van der Waals surface area contributed by atoms with Crippen molar-refractivity contribution in [1.82, 2.24) is 9.97 Å². The van der Waals surface area contributed by atoms with Crippen molar-refractivity contribution in [3.8, 4) is 11.1 Å². The van der Waals surface area contributed by atoms with Gasteiger partial charge in [0.25, 0.3) is 0 Å². The summed E-state index contributed by atoms with van der Waals surface area (Å²) in [5, 5.41) is 0. The second-order valence-corrected chi connectivity index (χ2v) is 6.82. The Morgan fingerprint density at radius 1 is 0.962 bits per heavy atom. The molecule has 1 heterocycles. The number of hydrogen-bond acceptors (Lipinski definition) is 2. The maximum absolute atomic E-state index is 13.1. The maximum atomic E-state index is 13.1. The van der Waals surface area contributed by atoms with Gasteiger partial charge in [0.1, 0.15) is 5.82 Å². The number of hydrogen-bond donors (Lipinski definition) is 0. The molecule has 1 aromatic carbocycles. The van der Waals surface area contributed by atoms with Crippen LogP contribution in [0.4, 0.5) is 17.6 Å². The summed E-state index contributed by atoms with van der Waals surface area (Å²) in [5.74, 6) is -1.54. The minimum atomic E-state index is -4.88. The summed E-state index contributed by atoms with van der Waals surface area (Å²) in [5.41, 5.74) is 3.15. The quantitative estimate of drug-likeness (QED) is 0.611.